The first-order valence-corrected chi connectivity index (χ1v) is 3.65. The Kier molecular flexibility index (Phi) is 1.85. The lowest BCUT2D eigenvalue weighted by molar-refractivity contribution is -0.112. The second kappa shape index (κ2) is 2.53. The molecule has 0 saturated carbocycles. The summed E-state index contributed by atoms with van der Waals surface area (Å²) < 4.78 is 0. The highest BCUT2D eigenvalue weighted by atomic mass is 16.1. The van der Waals surface area contributed by atoms with Gasteiger partial charge >= 0.3 is 0 Å². The Hall–Kier alpha value is -1.05. The zero-order valence-corrected chi connectivity index (χ0v) is 7.36. The molecule has 1 radical (unpaired) electrons. The molecule has 0 spiro atoms. The van der Waals surface area contributed by atoms with Crippen molar-refractivity contribution in [1.82, 2.24) is 5.32 Å². The minimum atomic E-state index is 0.134. The molecule has 0 amide bonds. The second-order valence-electron chi connectivity index (χ2n) is 2.86. The predicted molar refractivity (Wildman–Crippen MR) is 43.9 cm³/mol. The van der Waals surface area contributed by atoms with E-state index in [-0.39, 0.29) is 5.78 Å². The molecule has 0 aromatic carbocycles. The predicted octanol–water partition coefficient (Wildman–Crippen LogP) is 1.76. The molecule has 0 aliphatic carbocycles. The Balaban J connectivity index is 3.09. The summed E-state index contributed by atoms with van der Waals surface area (Å²) >= 11 is 0. The van der Waals surface area contributed by atoms with Gasteiger partial charge in [-0.3, -0.25) is 10.1 Å². The number of nitrogens with zero attached hydrogens (tertiary/aromatic N) is 1. The number of hydrogen-bond acceptors (Lipinski definition) is 1. The van der Waals surface area contributed by atoms with Gasteiger partial charge in [0.05, 0.1) is 0 Å². The summed E-state index contributed by atoms with van der Waals surface area (Å²) in [4.78, 5) is 11.4. The lowest BCUT2D eigenvalue weighted by Gasteiger charge is -2.15. The third-order valence-electron chi connectivity index (χ3n) is 2.10. The Bertz CT molecular complexity index is 245. The van der Waals surface area contributed by atoms with E-state index in [0.29, 0.717) is 0 Å². The fourth-order valence-electron chi connectivity index (χ4n) is 1.03. The Morgan fingerprint density at radius 2 is 1.27 bits per heavy atom. The van der Waals surface area contributed by atoms with E-state index >= 15 is 0 Å². The molecule has 0 N–H and O–H groups in total. The highest BCUT2D eigenvalue weighted by Crippen LogP contribution is 2.19. The maximum absolute atomic E-state index is 11.4. The number of carbonyl (C=O) groups excluding carboxylic acids is 1. The van der Waals surface area contributed by atoms with Crippen molar-refractivity contribution in [2.45, 2.75) is 27.7 Å². The van der Waals surface area contributed by atoms with Crippen molar-refractivity contribution < 1.29 is 4.79 Å². The quantitative estimate of drug-likeness (QED) is 0.517. The molecule has 0 fully saturated rings. The summed E-state index contributed by atoms with van der Waals surface area (Å²) in [5, 5.41) is 4.23. The summed E-state index contributed by atoms with van der Waals surface area (Å²) in [6, 6.07) is 0. The van der Waals surface area contributed by atoms with E-state index in [2.05, 4.69) is 5.32 Å². The van der Waals surface area contributed by atoms with E-state index in [4.69, 9.17) is 0 Å². The van der Waals surface area contributed by atoms with Crippen molar-refractivity contribution >= 4 is 5.78 Å². The number of hydrogen-bond donors (Lipinski definition) is 0. The van der Waals surface area contributed by atoms with Gasteiger partial charge in [-0.2, -0.15) is 0 Å². The topological polar surface area (TPSA) is 31.2 Å². The number of ketones is 1. The molecule has 0 bridgehead atoms. The molecule has 2 nitrogen and oxygen atoms in total. The molecule has 0 atom stereocenters. The van der Waals surface area contributed by atoms with Crippen LogP contribution in [0.25, 0.3) is 0 Å². The molecule has 0 unspecified atom stereocenters. The standard InChI is InChI=1S/C9H12NO/c1-5-7(3)10-8(4)6(2)9(5)11/h1-4H3. The Morgan fingerprint density at radius 1 is 0.909 bits per heavy atom. The molecule has 0 aromatic heterocycles. The zero-order chi connectivity index (χ0) is 8.59. The summed E-state index contributed by atoms with van der Waals surface area (Å²) in [6.45, 7) is 7.36. The summed E-state index contributed by atoms with van der Waals surface area (Å²) in [5.74, 6) is 0.134. The highest BCUT2D eigenvalue weighted by Gasteiger charge is 2.18. The highest BCUT2D eigenvalue weighted by molar-refractivity contribution is 6.09. The summed E-state index contributed by atoms with van der Waals surface area (Å²) in [7, 11) is 0. The number of Topliss-reactive ketones (excluding diaryl/α,β-unsaturated/α-hetero) is 1. The smallest absolute Gasteiger partial charge is 0.188 e. The van der Waals surface area contributed by atoms with Crippen LogP contribution in [-0.2, 0) is 4.79 Å². The van der Waals surface area contributed by atoms with Gasteiger partial charge in [0, 0.05) is 22.5 Å². The fraction of sp³-hybridized carbons (Fsp3) is 0.444. The number of rotatable bonds is 0. The molecule has 59 valence electrons. The van der Waals surface area contributed by atoms with E-state index in [0.717, 1.165) is 22.5 Å². The zero-order valence-electron chi connectivity index (χ0n) is 7.36. The second-order valence-corrected chi connectivity index (χ2v) is 2.86. The van der Waals surface area contributed by atoms with Crippen LogP contribution in [0, 0.1) is 0 Å². The largest absolute Gasteiger partial charge is 0.289 e. The van der Waals surface area contributed by atoms with Gasteiger partial charge in [-0.15, -0.1) is 0 Å². The van der Waals surface area contributed by atoms with Gasteiger partial charge in [0.1, 0.15) is 0 Å². The first-order chi connectivity index (χ1) is 5.04. The van der Waals surface area contributed by atoms with Crippen LogP contribution in [0.4, 0.5) is 0 Å². The lowest BCUT2D eigenvalue weighted by atomic mass is 9.99. The lowest BCUT2D eigenvalue weighted by Crippen LogP contribution is -2.18. The maximum atomic E-state index is 11.4. The van der Waals surface area contributed by atoms with Crippen LogP contribution >= 0.6 is 0 Å². The van der Waals surface area contributed by atoms with Gasteiger partial charge in [-0.1, -0.05) is 0 Å². The van der Waals surface area contributed by atoms with Crippen LogP contribution in [0.3, 0.4) is 0 Å². The normalized spacial score (nSPS) is 19.1. The van der Waals surface area contributed by atoms with Crippen LogP contribution in [0.5, 0.6) is 0 Å². The third kappa shape index (κ3) is 1.20. The van der Waals surface area contributed by atoms with Crippen LogP contribution < -0.4 is 5.32 Å². The average Bonchev–Trinajstić information content (AvgIpc) is 1.97. The van der Waals surface area contributed by atoms with Crippen LogP contribution in [0.1, 0.15) is 27.7 Å². The minimum Gasteiger partial charge on any atom is -0.289 e. The van der Waals surface area contributed by atoms with Gasteiger partial charge in [0.25, 0.3) is 0 Å². The molecule has 2 heteroatoms. The monoisotopic (exact) mass is 150 g/mol. The van der Waals surface area contributed by atoms with Gasteiger partial charge in [-0.05, 0) is 27.7 Å². The number of carbonyl (C=O) groups is 1. The first kappa shape index (κ1) is 8.05. The molecular weight excluding hydrogens is 138 g/mol. The van der Waals surface area contributed by atoms with Gasteiger partial charge < -0.3 is 0 Å². The summed E-state index contributed by atoms with van der Waals surface area (Å²) in [5.41, 5.74) is 3.23. The molecule has 11 heavy (non-hydrogen) atoms. The van der Waals surface area contributed by atoms with E-state index < -0.39 is 0 Å². The minimum absolute atomic E-state index is 0.134. The van der Waals surface area contributed by atoms with E-state index in [1.54, 1.807) is 0 Å². The first-order valence-electron chi connectivity index (χ1n) is 3.65. The number of allylic oxidation sites excluding steroid dienone is 4. The van der Waals surface area contributed by atoms with Gasteiger partial charge in [0.15, 0.2) is 5.78 Å². The molecule has 0 saturated heterocycles. The van der Waals surface area contributed by atoms with Crippen LogP contribution in [-0.4, -0.2) is 5.78 Å². The Morgan fingerprint density at radius 3 is 1.64 bits per heavy atom. The van der Waals surface area contributed by atoms with Gasteiger partial charge in [0.2, 0.25) is 0 Å². The molecule has 1 heterocycles. The maximum Gasteiger partial charge on any atom is 0.188 e. The molecule has 1 rings (SSSR count). The molecule has 0 aromatic rings. The van der Waals surface area contributed by atoms with Crippen molar-refractivity contribution in [2.75, 3.05) is 0 Å². The van der Waals surface area contributed by atoms with Gasteiger partial charge in [-0.25, -0.2) is 0 Å². The third-order valence-corrected chi connectivity index (χ3v) is 2.10. The molecule has 1 aliphatic rings. The van der Waals surface area contributed by atoms with Crippen LogP contribution in [0.2, 0.25) is 0 Å². The molecule has 1 aliphatic heterocycles. The van der Waals surface area contributed by atoms with Crippen molar-refractivity contribution in [3.8, 4) is 0 Å². The SMILES string of the molecule is CC1=C(C)C(=O)C(C)=C(C)[N]1. The van der Waals surface area contributed by atoms with E-state index in [1.807, 2.05) is 27.7 Å². The molecular formula is C9H12NO. The Labute approximate surface area is 67.0 Å². The van der Waals surface area contributed by atoms with Crippen molar-refractivity contribution in [1.29, 1.82) is 0 Å². The fourth-order valence-corrected chi connectivity index (χ4v) is 1.03. The van der Waals surface area contributed by atoms with E-state index in [1.165, 1.54) is 0 Å². The summed E-state index contributed by atoms with van der Waals surface area (Å²) in [6.07, 6.45) is 0. The van der Waals surface area contributed by atoms with E-state index in [9.17, 15) is 4.79 Å². The van der Waals surface area contributed by atoms with Crippen LogP contribution in [0.15, 0.2) is 22.5 Å². The van der Waals surface area contributed by atoms with Crippen molar-refractivity contribution in [2.24, 2.45) is 0 Å². The average molecular weight is 150 g/mol. The van der Waals surface area contributed by atoms with Crippen molar-refractivity contribution in [3.05, 3.63) is 22.5 Å². The van der Waals surface area contributed by atoms with Crippen molar-refractivity contribution in [3.63, 3.8) is 0 Å².